The van der Waals surface area contributed by atoms with Gasteiger partial charge in [-0.3, -0.25) is 0 Å². The summed E-state index contributed by atoms with van der Waals surface area (Å²) in [7, 11) is 0. The van der Waals surface area contributed by atoms with Gasteiger partial charge >= 0.3 is 0 Å². The SMILES string of the molecule is Cc1sc(Cl)cc1C(N)CO. The Morgan fingerprint density at radius 2 is 2.45 bits per heavy atom. The first-order valence-electron chi connectivity index (χ1n) is 3.27. The number of rotatable bonds is 2. The van der Waals surface area contributed by atoms with Crippen molar-refractivity contribution >= 4 is 22.9 Å². The van der Waals surface area contributed by atoms with Crippen molar-refractivity contribution in [3.63, 3.8) is 0 Å². The molecule has 0 saturated heterocycles. The van der Waals surface area contributed by atoms with Gasteiger partial charge in [-0.25, -0.2) is 0 Å². The molecule has 1 heterocycles. The van der Waals surface area contributed by atoms with E-state index in [1.165, 1.54) is 11.3 Å². The summed E-state index contributed by atoms with van der Waals surface area (Å²) >= 11 is 7.24. The maximum atomic E-state index is 8.76. The van der Waals surface area contributed by atoms with E-state index in [0.717, 1.165) is 14.8 Å². The van der Waals surface area contributed by atoms with Gasteiger partial charge in [0.1, 0.15) is 0 Å². The largest absolute Gasteiger partial charge is 0.394 e. The molecule has 0 aliphatic rings. The second kappa shape index (κ2) is 3.54. The van der Waals surface area contributed by atoms with Gasteiger partial charge in [0.25, 0.3) is 0 Å². The number of thiophene rings is 1. The topological polar surface area (TPSA) is 46.2 Å². The fourth-order valence-electron chi connectivity index (χ4n) is 0.925. The fourth-order valence-corrected chi connectivity index (χ4v) is 2.20. The summed E-state index contributed by atoms with van der Waals surface area (Å²) in [6.45, 7) is 1.91. The highest BCUT2D eigenvalue weighted by atomic mass is 35.5. The van der Waals surface area contributed by atoms with E-state index < -0.39 is 0 Å². The lowest BCUT2D eigenvalue weighted by molar-refractivity contribution is 0.268. The van der Waals surface area contributed by atoms with Crippen LogP contribution in [0.1, 0.15) is 16.5 Å². The first kappa shape index (κ1) is 9.00. The monoisotopic (exact) mass is 191 g/mol. The van der Waals surface area contributed by atoms with Gasteiger partial charge in [0, 0.05) is 4.88 Å². The molecular formula is C7H10ClNOS. The molecule has 0 saturated carbocycles. The third-order valence-electron chi connectivity index (χ3n) is 1.52. The van der Waals surface area contributed by atoms with E-state index in [4.69, 9.17) is 22.4 Å². The molecule has 62 valence electrons. The average Bonchev–Trinajstić information content (AvgIpc) is 2.28. The molecule has 0 radical (unpaired) electrons. The van der Waals surface area contributed by atoms with Crippen LogP contribution in [0, 0.1) is 6.92 Å². The van der Waals surface area contributed by atoms with Crippen molar-refractivity contribution in [3.8, 4) is 0 Å². The molecule has 0 spiro atoms. The lowest BCUT2D eigenvalue weighted by atomic mass is 10.1. The third kappa shape index (κ3) is 1.93. The summed E-state index contributed by atoms with van der Waals surface area (Å²) in [6.07, 6.45) is 0. The summed E-state index contributed by atoms with van der Waals surface area (Å²) in [4.78, 5) is 1.08. The van der Waals surface area contributed by atoms with Crippen LogP contribution in [0.25, 0.3) is 0 Å². The average molecular weight is 192 g/mol. The van der Waals surface area contributed by atoms with Crippen molar-refractivity contribution in [2.45, 2.75) is 13.0 Å². The van der Waals surface area contributed by atoms with Crippen LogP contribution in [0.2, 0.25) is 4.34 Å². The van der Waals surface area contributed by atoms with Crippen molar-refractivity contribution in [2.75, 3.05) is 6.61 Å². The van der Waals surface area contributed by atoms with Crippen LogP contribution in [0.5, 0.6) is 0 Å². The van der Waals surface area contributed by atoms with Crippen LogP contribution in [-0.2, 0) is 0 Å². The van der Waals surface area contributed by atoms with E-state index in [2.05, 4.69) is 0 Å². The smallest absolute Gasteiger partial charge is 0.0934 e. The molecule has 4 heteroatoms. The molecule has 0 aliphatic heterocycles. The quantitative estimate of drug-likeness (QED) is 0.748. The minimum atomic E-state index is -0.293. The number of nitrogens with two attached hydrogens (primary N) is 1. The molecule has 0 bridgehead atoms. The number of aliphatic hydroxyl groups excluding tert-OH is 1. The molecule has 1 aromatic heterocycles. The van der Waals surface area contributed by atoms with E-state index in [0.29, 0.717) is 0 Å². The van der Waals surface area contributed by atoms with Gasteiger partial charge < -0.3 is 10.8 Å². The fraction of sp³-hybridized carbons (Fsp3) is 0.429. The maximum absolute atomic E-state index is 8.76. The normalized spacial score (nSPS) is 13.5. The molecule has 2 nitrogen and oxygen atoms in total. The Labute approximate surface area is 74.6 Å². The van der Waals surface area contributed by atoms with Crippen LogP contribution in [0.4, 0.5) is 0 Å². The van der Waals surface area contributed by atoms with Crippen molar-refractivity contribution < 1.29 is 5.11 Å². The van der Waals surface area contributed by atoms with Crippen LogP contribution in [0.3, 0.4) is 0 Å². The highest BCUT2D eigenvalue weighted by Gasteiger charge is 2.10. The van der Waals surface area contributed by atoms with Crippen LogP contribution >= 0.6 is 22.9 Å². The van der Waals surface area contributed by atoms with Crippen molar-refractivity contribution in [3.05, 3.63) is 20.8 Å². The standard InChI is InChI=1S/C7H10ClNOS/c1-4-5(6(9)3-10)2-7(8)11-4/h2,6,10H,3,9H2,1H3. The molecule has 1 aromatic rings. The minimum Gasteiger partial charge on any atom is -0.394 e. The number of aliphatic hydroxyl groups is 1. The number of aryl methyl sites for hydroxylation is 1. The zero-order valence-corrected chi connectivity index (χ0v) is 7.75. The lowest BCUT2D eigenvalue weighted by Gasteiger charge is -2.05. The molecule has 3 N–H and O–H groups in total. The Kier molecular flexibility index (Phi) is 2.90. The van der Waals surface area contributed by atoms with E-state index in [1.54, 1.807) is 0 Å². The van der Waals surface area contributed by atoms with Crippen molar-refractivity contribution in [1.82, 2.24) is 0 Å². The highest BCUT2D eigenvalue weighted by molar-refractivity contribution is 7.16. The zero-order valence-electron chi connectivity index (χ0n) is 6.17. The second-order valence-electron chi connectivity index (χ2n) is 2.35. The Morgan fingerprint density at radius 3 is 2.82 bits per heavy atom. The molecule has 1 atom stereocenters. The summed E-state index contributed by atoms with van der Waals surface area (Å²) < 4.78 is 0.724. The predicted molar refractivity (Wildman–Crippen MR) is 48.1 cm³/mol. The third-order valence-corrected chi connectivity index (χ3v) is 2.72. The van der Waals surface area contributed by atoms with E-state index in [9.17, 15) is 0 Å². The summed E-state index contributed by atoms with van der Waals surface area (Å²) in [5, 5.41) is 8.76. The molecule has 0 aliphatic carbocycles. The highest BCUT2D eigenvalue weighted by Crippen LogP contribution is 2.28. The maximum Gasteiger partial charge on any atom is 0.0934 e. The first-order chi connectivity index (χ1) is 5.15. The number of halogens is 1. The van der Waals surface area contributed by atoms with E-state index in [-0.39, 0.29) is 12.6 Å². The first-order valence-corrected chi connectivity index (χ1v) is 4.47. The molecule has 0 aromatic carbocycles. The summed E-state index contributed by atoms with van der Waals surface area (Å²) in [6, 6.07) is 1.52. The predicted octanol–water partition coefficient (Wildman–Crippen LogP) is 1.70. The van der Waals surface area contributed by atoms with Gasteiger partial charge in [0.05, 0.1) is 17.0 Å². The summed E-state index contributed by atoms with van der Waals surface area (Å²) in [5.74, 6) is 0. The molecule has 0 amide bonds. The second-order valence-corrected chi connectivity index (χ2v) is 4.24. The van der Waals surface area contributed by atoms with Crippen LogP contribution in [0.15, 0.2) is 6.07 Å². The van der Waals surface area contributed by atoms with E-state index in [1.807, 2.05) is 13.0 Å². The van der Waals surface area contributed by atoms with Crippen LogP contribution in [-0.4, -0.2) is 11.7 Å². The Hall–Kier alpha value is -0.0900. The Balaban J connectivity index is 2.93. The van der Waals surface area contributed by atoms with E-state index >= 15 is 0 Å². The lowest BCUT2D eigenvalue weighted by Crippen LogP contribution is -2.14. The van der Waals surface area contributed by atoms with Gasteiger partial charge in [-0.05, 0) is 18.6 Å². The van der Waals surface area contributed by atoms with Crippen molar-refractivity contribution in [1.29, 1.82) is 0 Å². The van der Waals surface area contributed by atoms with Gasteiger partial charge in [-0.15, -0.1) is 11.3 Å². The van der Waals surface area contributed by atoms with Gasteiger partial charge in [-0.1, -0.05) is 11.6 Å². The molecule has 1 rings (SSSR count). The van der Waals surface area contributed by atoms with Gasteiger partial charge in [-0.2, -0.15) is 0 Å². The molecule has 11 heavy (non-hydrogen) atoms. The minimum absolute atomic E-state index is 0.0338. The Morgan fingerprint density at radius 1 is 1.82 bits per heavy atom. The molecule has 1 unspecified atom stereocenters. The number of hydrogen-bond acceptors (Lipinski definition) is 3. The number of hydrogen-bond donors (Lipinski definition) is 2. The molecular weight excluding hydrogens is 182 g/mol. The van der Waals surface area contributed by atoms with Crippen LogP contribution < -0.4 is 5.73 Å². The Bertz CT molecular complexity index is 249. The van der Waals surface area contributed by atoms with Gasteiger partial charge in [0.15, 0.2) is 0 Å². The molecule has 0 fully saturated rings. The van der Waals surface area contributed by atoms with Crippen molar-refractivity contribution in [2.24, 2.45) is 5.73 Å². The zero-order chi connectivity index (χ0) is 8.43. The summed E-state index contributed by atoms with van der Waals surface area (Å²) in [5.41, 5.74) is 6.55. The van der Waals surface area contributed by atoms with Gasteiger partial charge in [0.2, 0.25) is 0 Å².